The third-order valence-corrected chi connectivity index (χ3v) is 7.08. The Balaban J connectivity index is 1.62. The van der Waals surface area contributed by atoms with Crippen molar-refractivity contribution in [3.63, 3.8) is 0 Å². The molecule has 1 aromatic heterocycles. The van der Waals surface area contributed by atoms with Gasteiger partial charge in [-0.15, -0.1) is 0 Å². The van der Waals surface area contributed by atoms with Crippen LogP contribution in [0.3, 0.4) is 0 Å². The van der Waals surface area contributed by atoms with Gasteiger partial charge < -0.3 is 74.4 Å². The molecule has 10 N–H and O–H groups in total. The van der Waals surface area contributed by atoms with Crippen molar-refractivity contribution in [2.45, 2.75) is 48.7 Å². The molecule has 2 aliphatic heterocycles. The van der Waals surface area contributed by atoms with E-state index in [-0.39, 0.29) is 11.1 Å². The molecule has 2 saturated heterocycles. The molecule has 42 heavy (non-hydrogen) atoms. The number of ether oxygens (including phenoxy) is 4. The molecule has 8 atom stereocenters. The lowest BCUT2D eigenvalue weighted by atomic mass is 9.98. The summed E-state index contributed by atoms with van der Waals surface area (Å²) >= 11 is 0. The zero-order valence-electron chi connectivity index (χ0n) is 21.5. The highest BCUT2D eigenvalue weighted by molar-refractivity contribution is 5.88. The number of fused-ring (bicyclic) bond motifs is 1. The van der Waals surface area contributed by atoms with Crippen LogP contribution < -0.4 is 10.2 Å². The van der Waals surface area contributed by atoms with Crippen molar-refractivity contribution in [1.29, 1.82) is 0 Å². The first-order valence-electron chi connectivity index (χ1n) is 12.5. The molecule has 0 bridgehead atoms. The average molecular weight is 596 g/mol. The van der Waals surface area contributed by atoms with Crippen molar-refractivity contribution >= 4 is 11.0 Å². The molecule has 2 aliphatic rings. The predicted molar refractivity (Wildman–Crippen MR) is 136 cm³/mol. The van der Waals surface area contributed by atoms with Crippen molar-refractivity contribution in [3.05, 3.63) is 40.6 Å². The van der Waals surface area contributed by atoms with E-state index in [4.69, 9.17) is 23.4 Å². The molecule has 5 rings (SSSR count). The zero-order valence-corrected chi connectivity index (χ0v) is 21.5. The molecule has 0 spiro atoms. The van der Waals surface area contributed by atoms with Crippen LogP contribution in [-0.2, 0) is 14.2 Å². The first kappa shape index (κ1) is 29.8. The van der Waals surface area contributed by atoms with Crippen LogP contribution in [0.2, 0.25) is 0 Å². The van der Waals surface area contributed by atoms with E-state index in [0.717, 1.165) is 24.3 Å². The first-order valence-corrected chi connectivity index (χ1v) is 12.5. The molecule has 2 aromatic carbocycles. The number of aliphatic hydroxyl groups is 6. The number of hydrogen-bond acceptors (Lipinski definition) is 16. The van der Waals surface area contributed by atoms with Gasteiger partial charge in [0.25, 0.3) is 0 Å². The first-order chi connectivity index (χ1) is 19.9. The van der Waals surface area contributed by atoms with Crippen LogP contribution >= 0.6 is 0 Å². The second-order valence-electron chi connectivity index (χ2n) is 9.94. The van der Waals surface area contributed by atoms with Crippen LogP contribution in [0.1, 0.15) is 0 Å². The molecule has 0 unspecified atom stereocenters. The quantitative estimate of drug-likeness (QED) is 0.131. The SMILES string of the molecule is O=c1c(O[C@@H]2O[C@H](CO)[C@@H](O)[C@H](O)[C@H]2O[C@H]2OC[C@@](O)(CO)[C@@H]2O)c(-c2ccc(O)c(O)c2)oc2cc(O)cc(O)c12. The van der Waals surface area contributed by atoms with Gasteiger partial charge in [0.15, 0.2) is 29.7 Å². The Morgan fingerprint density at radius 1 is 0.929 bits per heavy atom. The van der Waals surface area contributed by atoms with Gasteiger partial charge in [-0.1, -0.05) is 0 Å². The highest BCUT2D eigenvalue weighted by Gasteiger charge is 2.53. The Kier molecular flexibility index (Phi) is 7.92. The lowest BCUT2D eigenvalue weighted by Gasteiger charge is -2.42. The van der Waals surface area contributed by atoms with Gasteiger partial charge in [-0.05, 0) is 18.2 Å². The molecule has 3 aromatic rings. The maximum absolute atomic E-state index is 13.7. The summed E-state index contributed by atoms with van der Waals surface area (Å²) in [5.41, 5.74) is -3.51. The topological polar surface area (TPSA) is 269 Å². The van der Waals surface area contributed by atoms with Crippen LogP contribution in [0.25, 0.3) is 22.3 Å². The van der Waals surface area contributed by atoms with Crippen molar-refractivity contribution in [3.8, 4) is 40.1 Å². The smallest absolute Gasteiger partial charge is 0.239 e. The lowest BCUT2D eigenvalue weighted by molar-refractivity contribution is -0.319. The monoisotopic (exact) mass is 596 g/mol. The summed E-state index contributed by atoms with van der Waals surface area (Å²) in [5, 5.41) is 101. The standard InChI is InChI=1S/C26H28O16/c27-6-15-17(33)19(35)22(42-25-23(36)26(37,7-28)8-38-25)24(40-15)41-21-18(34)16-13(32)4-10(29)5-14(16)39-20(21)9-1-2-11(30)12(31)3-9/h1-5,15,17,19,22-25,27-33,35-37H,6-8H2/t15-,17-,19+,22-,23-,24+,25-,26+/m1/s1. The van der Waals surface area contributed by atoms with Crippen LogP contribution in [0.4, 0.5) is 0 Å². The van der Waals surface area contributed by atoms with E-state index in [1.54, 1.807) is 0 Å². The number of phenolic OH excluding ortho intramolecular Hbond substituents is 4. The number of benzene rings is 2. The van der Waals surface area contributed by atoms with E-state index in [2.05, 4.69) is 0 Å². The fourth-order valence-electron chi connectivity index (χ4n) is 4.71. The van der Waals surface area contributed by atoms with E-state index in [9.17, 15) is 55.9 Å². The summed E-state index contributed by atoms with van der Waals surface area (Å²) in [7, 11) is 0. The summed E-state index contributed by atoms with van der Waals surface area (Å²) in [6.45, 7) is -2.31. The number of hydrogen-bond donors (Lipinski definition) is 10. The van der Waals surface area contributed by atoms with E-state index < -0.39 is 114 Å². The molecular formula is C26H28O16. The molecule has 0 aliphatic carbocycles. The molecule has 16 heteroatoms. The van der Waals surface area contributed by atoms with Crippen molar-refractivity contribution in [2.75, 3.05) is 19.8 Å². The summed E-state index contributed by atoms with van der Waals surface area (Å²) in [4.78, 5) is 13.7. The summed E-state index contributed by atoms with van der Waals surface area (Å²) in [6.07, 6.45) is -12.3. The maximum Gasteiger partial charge on any atom is 0.239 e. The summed E-state index contributed by atoms with van der Waals surface area (Å²) in [6, 6.07) is 5.21. The van der Waals surface area contributed by atoms with E-state index in [0.29, 0.717) is 0 Å². The Morgan fingerprint density at radius 3 is 2.31 bits per heavy atom. The molecular weight excluding hydrogens is 568 g/mol. The highest BCUT2D eigenvalue weighted by Crippen LogP contribution is 2.40. The fourth-order valence-corrected chi connectivity index (χ4v) is 4.71. The van der Waals surface area contributed by atoms with Crippen LogP contribution in [0, 0.1) is 0 Å². The number of aromatic hydroxyl groups is 4. The van der Waals surface area contributed by atoms with Crippen LogP contribution in [-0.4, -0.2) is 120 Å². The van der Waals surface area contributed by atoms with Gasteiger partial charge >= 0.3 is 0 Å². The fraction of sp³-hybridized carbons (Fsp3) is 0.423. The molecule has 2 fully saturated rings. The van der Waals surface area contributed by atoms with Crippen LogP contribution in [0.5, 0.6) is 28.7 Å². The van der Waals surface area contributed by atoms with Crippen molar-refractivity contribution in [2.24, 2.45) is 0 Å². The molecule has 0 radical (unpaired) electrons. The average Bonchev–Trinajstić information content (AvgIpc) is 3.23. The van der Waals surface area contributed by atoms with Gasteiger partial charge in [0, 0.05) is 17.7 Å². The Labute approximate surface area is 235 Å². The van der Waals surface area contributed by atoms with Gasteiger partial charge in [0.05, 0.1) is 19.8 Å². The van der Waals surface area contributed by atoms with E-state index in [1.165, 1.54) is 6.07 Å². The number of aliphatic hydroxyl groups excluding tert-OH is 5. The second kappa shape index (κ2) is 11.2. The highest BCUT2D eigenvalue weighted by atomic mass is 16.8. The minimum absolute atomic E-state index is 0.0442. The van der Waals surface area contributed by atoms with E-state index in [1.807, 2.05) is 0 Å². The number of rotatable bonds is 7. The Hall–Kier alpha value is -3.71. The number of phenols is 4. The molecule has 0 amide bonds. The van der Waals surface area contributed by atoms with E-state index >= 15 is 0 Å². The third kappa shape index (κ3) is 5.08. The van der Waals surface area contributed by atoms with Gasteiger partial charge in [-0.2, -0.15) is 0 Å². The zero-order chi connectivity index (χ0) is 30.5. The van der Waals surface area contributed by atoms with Gasteiger partial charge in [0.1, 0.15) is 52.5 Å². The van der Waals surface area contributed by atoms with Gasteiger partial charge in [-0.25, -0.2) is 0 Å². The lowest BCUT2D eigenvalue weighted by Crippen LogP contribution is -2.62. The molecule has 0 saturated carbocycles. The maximum atomic E-state index is 13.7. The van der Waals surface area contributed by atoms with Crippen LogP contribution in [0.15, 0.2) is 39.5 Å². The van der Waals surface area contributed by atoms with Crippen molar-refractivity contribution < 1.29 is 74.4 Å². The summed E-state index contributed by atoms with van der Waals surface area (Å²) < 4.78 is 28.0. The molecule has 3 heterocycles. The Bertz CT molecular complexity index is 1520. The minimum Gasteiger partial charge on any atom is -0.508 e. The molecule has 16 nitrogen and oxygen atoms in total. The molecule has 228 valence electrons. The normalized spacial score (nSPS) is 31.4. The Morgan fingerprint density at radius 2 is 1.67 bits per heavy atom. The summed E-state index contributed by atoms with van der Waals surface area (Å²) in [5.74, 6) is -3.39. The largest absolute Gasteiger partial charge is 0.508 e. The third-order valence-electron chi connectivity index (χ3n) is 7.08. The second-order valence-corrected chi connectivity index (χ2v) is 9.94. The minimum atomic E-state index is -2.12. The van der Waals surface area contributed by atoms with Crippen molar-refractivity contribution in [1.82, 2.24) is 0 Å². The van der Waals surface area contributed by atoms with Gasteiger partial charge in [-0.3, -0.25) is 4.79 Å². The predicted octanol–water partition coefficient (Wildman–Crippen LogP) is -2.07. The van der Waals surface area contributed by atoms with Gasteiger partial charge in [0.2, 0.25) is 17.5 Å².